The van der Waals surface area contributed by atoms with Gasteiger partial charge >= 0.3 is 6.01 Å². The Balaban J connectivity index is 1.19. The van der Waals surface area contributed by atoms with Crippen LogP contribution >= 0.6 is 11.6 Å². The Labute approximate surface area is 216 Å². The van der Waals surface area contributed by atoms with Gasteiger partial charge in [0.2, 0.25) is 0 Å². The smallest absolute Gasteiger partial charge is 0.313 e. The van der Waals surface area contributed by atoms with Crippen LogP contribution in [0.2, 0.25) is 5.15 Å². The van der Waals surface area contributed by atoms with Crippen LogP contribution in [-0.2, 0) is 6.54 Å². The molecule has 5 heterocycles. The molecule has 0 unspecified atom stereocenters. The first-order chi connectivity index (χ1) is 17.4. The molecule has 0 radical (unpaired) electrons. The number of piperazine rings is 1. The van der Waals surface area contributed by atoms with E-state index in [-0.39, 0.29) is 6.01 Å². The second-order valence-corrected chi connectivity index (χ2v) is 10.1. The van der Waals surface area contributed by atoms with Gasteiger partial charge in [-0.15, -0.1) is 5.10 Å². The number of aromatic nitrogens is 4. The zero-order chi connectivity index (χ0) is 25.2. The molecule has 3 aromatic rings. The highest BCUT2D eigenvalue weighted by Gasteiger charge is 2.33. The predicted octanol–water partition coefficient (Wildman–Crippen LogP) is 3.22. The van der Waals surface area contributed by atoms with E-state index in [0.29, 0.717) is 34.6 Å². The molecule has 36 heavy (non-hydrogen) atoms. The van der Waals surface area contributed by atoms with Crippen LogP contribution < -0.4 is 16.4 Å². The molecule has 0 aliphatic carbocycles. The Morgan fingerprint density at radius 2 is 1.83 bits per heavy atom. The van der Waals surface area contributed by atoms with Crippen LogP contribution in [0.15, 0.2) is 28.7 Å². The zero-order valence-electron chi connectivity index (χ0n) is 20.9. The van der Waals surface area contributed by atoms with Crippen LogP contribution in [0.5, 0.6) is 0 Å². The number of nitrogen functional groups attached to an aromatic ring is 2. The molecule has 0 saturated carbocycles. The average molecular weight is 512 g/mol. The van der Waals surface area contributed by atoms with Gasteiger partial charge in [-0.1, -0.05) is 29.7 Å². The molecule has 2 aliphatic heterocycles. The number of likely N-dealkylation sites (tertiary alicyclic amines) is 1. The van der Waals surface area contributed by atoms with Crippen LogP contribution in [0, 0.1) is 6.92 Å². The fourth-order valence-electron chi connectivity index (χ4n) is 5.54. The molecule has 192 valence electrons. The van der Waals surface area contributed by atoms with E-state index in [4.69, 9.17) is 32.5 Å². The largest absolute Gasteiger partial charge is 0.402 e. The first kappa shape index (κ1) is 24.7. The highest BCUT2D eigenvalue weighted by atomic mass is 35.5. The standard InChI is InChI=1S/C25H34ClN9O/c1-3-18-15-34(21-6-5-20(29-16(21)2)24-31-32-25(28)36-24)12-13-35(18)19-8-10-33(11-9-19)14-17-4-7-22(26)30-23(17)27/h4-7,18-19H,3,8-15H2,1-2H3,(H2,27,30)(H2,28,32)/t18-/m0/s1. The zero-order valence-corrected chi connectivity index (χ0v) is 21.7. The van der Waals surface area contributed by atoms with Crippen molar-refractivity contribution in [1.82, 2.24) is 30.0 Å². The predicted molar refractivity (Wildman–Crippen MR) is 142 cm³/mol. The fourth-order valence-corrected chi connectivity index (χ4v) is 5.69. The number of anilines is 3. The first-order valence-corrected chi connectivity index (χ1v) is 13.0. The van der Waals surface area contributed by atoms with Gasteiger partial charge in [0.15, 0.2) is 0 Å². The molecular weight excluding hydrogens is 478 g/mol. The molecule has 0 bridgehead atoms. The molecule has 11 heteroatoms. The van der Waals surface area contributed by atoms with Gasteiger partial charge in [0.25, 0.3) is 5.89 Å². The van der Waals surface area contributed by atoms with Crippen molar-refractivity contribution in [2.75, 3.05) is 49.1 Å². The van der Waals surface area contributed by atoms with Crippen molar-refractivity contribution in [2.24, 2.45) is 0 Å². The average Bonchev–Trinajstić information content (AvgIpc) is 3.32. The lowest BCUT2D eigenvalue weighted by atomic mass is 9.97. The van der Waals surface area contributed by atoms with Gasteiger partial charge in [0, 0.05) is 43.8 Å². The Bertz CT molecular complexity index is 1190. The van der Waals surface area contributed by atoms with Gasteiger partial charge in [0.05, 0.1) is 11.4 Å². The summed E-state index contributed by atoms with van der Waals surface area (Å²) in [5.41, 5.74) is 15.5. The molecule has 4 N–H and O–H groups in total. The summed E-state index contributed by atoms with van der Waals surface area (Å²) < 4.78 is 5.33. The quantitative estimate of drug-likeness (QED) is 0.476. The molecule has 0 amide bonds. The van der Waals surface area contributed by atoms with Crippen molar-refractivity contribution in [3.63, 3.8) is 0 Å². The fraction of sp³-hybridized carbons (Fsp3) is 0.520. The van der Waals surface area contributed by atoms with Gasteiger partial charge in [-0.2, -0.15) is 0 Å². The van der Waals surface area contributed by atoms with E-state index in [1.807, 2.05) is 25.1 Å². The number of rotatable bonds is 6. The van der Waals surface area contributed by atoms with Gasteiger partial charge in [-0.25, -0.2) is 9.97 Å². The third-order valence-electron chi connectivity index (χ3n) is 7.46. The highest BCUT2D eigenvalue weighted by molar-refractivity contribution is 6.29. The van der Waals surface area contributed by atoms with Crippen LogP contribution in [-0.4, -0.2) is 74.8 Å². The molecule has 1 atom stereocenters. The molecule has 2 fully saturated rings. The maximum absolute atomic E-state index is 6.07. The minimum absolute atomic E-state index is 0.0485. The van der Waals surface area contributed by atoms with Crippen molar-refractivity contribution in [3.05, 3.63) is 40.7 Å². The number of hydrogen-bond acceptors (Lipinski definition) is 10. The van der Waals surface area contributed by atoms with Crippen molar-refractivity contribution in [2.45, 2.75) is 51.7 Å². The Hall–Kier alpha value is -2.95. The van der Waals surface area contributed by atoms with E-state index in [0.717, 1.165) is 62.6 Å². The van der Waals surface area contributed by atoms with E-state index in [2.05, 4.69) is 42.9 Å². The number of halogens is 1. The highest BCUT2D eigenvalue weighted by Crippen LogP contribution is 2.29. The summed E-state index contributed by atoms with van der Waals surface area (Å²) in [5.74, 6) is 0.880. The molecule has 2 aliphatic rings. The molecule has 0 spiro atoms. The molecule has 10 nitrogen and oxygen atoms in total. The number of hydrogen-bond donors (Lipinski definition) is 2. The minimum Gasteiger partial charge on any atom is -0.402 e. The Morgan fingerprint density at radius 1 is 1.03 bits per heavy atom. The summed E-state index contributed by atoms with van der Waals surface area (Å²) >= 11 is 5.95. The minimum atomic E-state index is 0.0485. The van der Waals surface area contributed by atoms with E-state index in [1.165, 1.54) is 12.8 Å². The molecule has 2 saturated heterocycles. The molecule has 0 aromatic carbocycles. The molecule has 5 rings (SSSR count). The lowest BCUT2D eigenvalue weighted by Gasteiger charge is -2.48. The van der Waals surface area contributed by atoms with Crippen molar-refractivity contribution >= 4 is 29.1 Å². The van der Waals surface area contributed by atoms with Crippen molar-refractivity contribution in [1.29, 1.82) is 0 Å². The molecular formula is C25H34ClN9O. The van der Waals surface area contributed by atoms with Gasteiger partial charge in [-0.3, -0.25) is 9.80 Å². The Morgan fingerprint density at radius 3 is 2.50 bits per heavy atom. The van der Waals surface area contributed by atoms with Gasteiger partial charge in [-0.05, 0) is 57.5 Å². The Kier molecular flexibility index (Phi) is 7.27. The van der Waals surface area contributed by atoms with E-state index in [9.17, 15) is 0 Å². The lowest BCUT2D eigenvalue weighted by Crippen LogP contribution is -2.58. The van der Waals surface area contributed by atoms with Gasteiger partial charge in [0.1, 0.15) is 16.7 Å². The van der Waals surface area contributed by atoms with Crippen molar-refractivity contribution < 1.29 is 4.42 Å². The van der Waals surface area contributed by atoms with Crippen LogP contribution in [0.25, 0.3) is 11.6 Å². The summed E-state index contributed by atoms with van der Waals surface area (Å²) in [6.07, 6.45) is 3.45. The summed E-state index contributed by atoms with van der Waals surface area (Å²) in [5, 5.41) is 8.12. The number of nitrogens with zero attached hydrogens (tertiary/aromatic N) is 7. The van der Waals surface area contributed by atoms with E-state index < -0.39 is 0 Å². The third kappa shape index (κ3) is 5.25. The number of pyridine rings is 2. The number of nitrogens with two attached hydrogens (primary N) is 2. The second kappa shape index (κ2) is 10.6. The van der Waals surface area contributed by atoms with Crippen LogP contribution in [0.4, 0.5) is 17.5 Å². The van der Waals surface area contributed by atoms with Gasteiger partial charge < -0.3 is 20.8 Å². The second-order valence-electron chi connectivity index (χ2n) is 9.68. The van der Waals surface area contributed by atoms with Crippen LogP contribution in [0.1, 0.15) is 37.4 Å². The summed E-state index contributed by atoms with van der Waals surface area (Å²) in [6, 6.07) is 9.02. The van der Waals surface area contributed by atoms with Crippen molar-refractivity contribution in [3.8, 4) is 11.6 Å². The number of aryl methyl sites for hydroxylation is 1. The van der Waals surface area contributed by atoms with E-state index in [1.54, 1.807) is 0 Å². The van der Waals surface area contributed by atoms with Crippen LogP contribution in [0.3, 0.4) is 0 Å². The third-order valence-corrected chi connectivity index (χ3v) is 7.67. The first-order valence-electron chi connectivity index (χ1n) is 12.6. The molecule has 3 aromatic heterocycles. The van der Waals surface area contributed by atoms with E-state index >= 15 is 0 Å². The maximum Gasteiger partial charge on any atom is 0.313 e. The maximum atomic E-state index is 6.07. The lowest BCUT2D eigenvalue weighted by molar-refractivity contribution is 0.0612. The summed E-state index contributed by atoms with van der Waals surface area (Å²) in [4.78, 5) is 16.6. The number of piperidine rings is 1. The monoisotopic (exact) mass is 511 g/mol. The normalized spacial score (nSPS) is 20.2. The SMILES string of the molecule is CC[C@H]1CN(c2ccc(-c3nnc(N)o3)nc2C)CCN1C1CCN(Cc2ccc(Cl)nc2N)CC1. The summed E-state index contributed by atoms with van der Waals surface area (Å²) in [7, 11) is 0. The summed E-state index contributed by atoms with van der Waals surface area (Å²) in [6.45, 7) is 10.3. The topological polar surface area (TPSA) is 126 Å².